The van der Waals surface area contributed by atoms with Crippen molar-refractivity contribution in [3.05, 3.63) is 34.5 Å². The van der Waals surface area contributed by atoms with E-state index in [0.29, 0.717) is 6.04 Å². The van der Waals surface area contributed by atoms with Crippen molar-refractivity contribution in [3.8, 4) is 0 Å². The smallest absolute Gasteiger partial charge is 0.0416 e. The van der Waals surface area contributed by atoms with E-state index in [4.69, 9.17) is 0 Å². The topological polar surface area (TPSA) is 3.24 Å². The Kier molecular flexibility index (Phi) is 2.81. The maximum Gasteiger partial charge on any atom is 0.0416 e. The lowest BCUT2D eigenvalue weighted by atomic mass is 10.2. The van der Waals surface area contributed by atoms with Crippen LogP contribution < -0.4 is 0 Å². The van der Waals surface area contributed by atoms with Crippen LogP contribution in [0.4, 0.5) is 0 Å². The molecule has 1 aromatic heterocycles. The van der Waals surface area contributed by atoms with Crippen molar-refractivity contribution in [3.63, 3.8) is 0 Å². The summed E-state index contributed by atoms with van der Waals surface area (Å²) in [7, 11) is 0. The number of nitrogens with zero attached hydrogens (tertiary/aromatic N) is 1. The fourth-order valence-electron chi connectivity index (χ4n) is 1.72. The van der Waals surface area contributed by atoms with Crippen molar-refractivity contribution in [1.82, 2.24) is 4.90 Å². The van der Waals surface area contributed by atoms with Crippen LogP contribution in [0.1, 0.15) is 24.3 Å². The number of hydrogen-bond acceptors (Lipinski definition) is 2. The van der Waals surface area contributed by atoms with Gasteiger partial charge in [0.2, 0.25) is 0 Å². The molecule has 2 heterocycles. The fraction of sp³-hybridized carbons (Fsp3) is 0.455. The van der Waals surface area contributed by atoms with Gasteiger partial charge in [-0.2, -0.15) is 0 Å². The van der Waals surface area contributed by atoms with Crippen molar-refractivity contribution >= 4 is 11.3 Å². The number of hydrogen-bond donors (Lipinski definition) is 0. The van der Waals surface area contributed by atoms with Gasteiger partial charge in [-0.05, 0) is 24.8 Å². The molecule has 0 fully saturated rings. The molecular weight excluding hydrogens is 178 g/mol. The van der Waals surface area contributed by atoms with Gasteiger partial charge in [-0.25, -0.2) is 0 Å². The predicted octanol–water partition coefficient (Wildman–Crippen LogP) is 3.07. The van der Waals surface area contributed by atoms with E-state index in [-0.39, 0.29) is 0 Å². The molecule has 1 unspecified atom stereocenters. The Hall–Kier alpha value is -0.600. The molecule has 1 aliphatic rings. The van der Waals surface area contributed by atoms with Crippen LogP contribution in [0.5, 0.6) is 0 Å². The summed E-state index contributed by atoms with van der Waals surface area (Å²) in [6.45, 7) is 4.61. The molecule has 1 aromatic rings. The molecule has 0 radical (unpaired) electrons. The largest absolute Gasteiger partial charge is 0.292 e. The van der Waals surface area contributed by atoms with Crippen LogP contribution in [-0.4, -0.2) is 18.0 Å². The van der Waals surface area contributed by atoms with Gasteiger partial charge in [-0.3, -0.25) is 4.90 Å². The third kappa shape index (κ3) is 2.01. The normalized spacial score (nSPS) is 20.4. The molecule has 1 nitrogen and oxygen atoms in total. The third-order valence-corrected chi connectivity index (χ3v) is 3.63. The first-order valence-electron chi connectivity index (χ1n) is 4.80. The Morgan fingerprint density at radius 3 is 3.00 bits per heavy atom. The molecule has 2 rings (SSSR count). The fourth-order valence-corrected chi connectivity index (χ4v) is 2.54. The van der Waals surface area contributed by atoms with Gasteiger partial charge < -0.3 is 0 Å². The average molecular weight is 193 g/mol. The summed E-state index contributed by atoms with van der Waals surface area (Å²) in [6, 6.07) is 4.95. The van der Waals surface area contributed by atoms with E-state index in [0.717, 1.165) is 6.54 Å². The lowest BCUT2D eigenvalue weighted by Gasteiger charge is -2.28. The van der Waals surface area contributed by atoms with Gasteiger partial charge in [0, 0.05) is 24.0 Å². The van der Waals surface area contributed by atoms with Crippen molar-refractivity contribution < 1.29 is 0 Å². The predicted molar refractivity (Wildman–Crippen MR) is 58.1 cm³/mol. The van der Waals surface area contributed by atoms with Gasteiger partial charge in [-0.15, -0.1) is 11.3 Å². The second-order valence-electron chi connectivity index (χ2n) is 3.45. The Balaban J connectivity index is 2.04. The Morgan fingerprint density at radius 2 is 2.38 bits per heavy atom. The van der Waals surface area contributed by atoms with Crippen molar-refractivity contribution in [1.29, 1.82) is 0 Å². The zero-order valence-corrected chi connectivity index (χ0v) is 8.76. The maximum absolute atomic E-state index is 2.52. The van der Waals surface area contributed by atoms with Crippen LogP contribution in [0.25, 0.3) is 0 Å². The standard InChI is InChI=1S/C11H15NS/c1-10(11-6-5-9-13-11)12-7-3-2-4-8-12/h2-3,5-6,9-10H,4,7-8H2,1H3. The van der Waals surface area contributed by atoms with Gasteiger partial charge in [-0.1, -0.05) is 18.2 Å². The Labute approximate surface area is 83.7 Å². The summed E-state index contributed by atoms with van der Waals surface area (Å²) in [5.41, 5.74) is 0. The SMILES string of the molecule is CC(c1cccs1)N1CC=CCC1. The van der Waals surface area contributed by atoms with E-state index >= 15 is 0 Å². The first-order valence-corrected chi connectivity index (χ1v) is 5.68. The molecule has 0 bridgehead atoms. The van der Waals surface area contributed by atoms with Crippen LogP contribution in [0.2, 0.25) is 0 Å². The molecule has 0 aliphatic carbocycles. The van der Waals surface area contributed by atoms with Crippen LogP contribution in [0, 0.1) is 0 Å². The minimum atomic E-state index is 0.588. The van der Waals surface area contributed by atoms with Gasteiger partial charge in [0.1, 0.15) is 0 Å². The van der Waals surface area contributed by atoms with Gasteiger partial charge in [0.25, 0.3) is 0 Å². The van der Waals surface area contributed by atoms with Gasteiger partial charge in [0.05, 0.1) is 0 Å². The van der Waals surface area contributed by atoms with Crippen LogP contribution in [0.15, 0.2) is 29.7 Å². The highest BCUT2D eigenvalue weighted by molar-refractivity contribution is 7.10. The highest BCUT2D eigenvalue weighted by Crippen LogP contribution is 2.25. The molecule has 0 N–H and O–H groups in total. The van der Waals surface area contributed by atoms with E-state index in [9.17, 15) is 0 Å². The highest BCUT2D eigenvalue weighted by atomic mass is 32.1. The van der Waals surface area contributed by atoms with E-state index < -0.39 is 0 Å². The summed E-state index contributed by atoms with van der Waals surface area (Å²) in [6.07, 6.45) is 5.75. The molecule has 2 heteroatoms. The second kappa shape index (κ2) is 4.07. The first kappa shape index (κ1) is 8.97. The first-order chi connectivity index (χ1) is 6.38. The lowest BCUT2D eigenvalue weighted by molar-refractivity contribution is 0.234. The lowest BCUT2D eigenvalue weighted by Crippen LogP contribution is -2.29. The number of rotatable bonds is 2. The molecule has 70 valence electrons. The van der Waals surface area contributed by atoms with Crippen molar-refractivity contribution in [2.24, 2.45) is 0 Å². The van der Waals surface area contributed by atoms with Crippen LogP contribution in [0.3, 0.4) is 0 Å². The van der Waals surface area contributed by atoms with E-state index in [1.807, 2.05) is 11.3 Å². The average Bonchev–Trinajstić information content (AvgIpc) is 2.71. The Morgan fingerprint density at radius 1 is 1.46 bits per heavy atom. The maximum atomic E-state index is 2.52. The monoisotopic (exact) mass is 193 g/mol. The van der Waals surface area contributed by atoms with Crippen LogP contribution >= 0.6 is 11.3 Å². The minimum Gasteiger partial charge on any atom is -0.292 e. The quantitative estimate of drug-likeness (QED) is 0.652. The van der Waals surface area contributed by atoms with Gasteiger partial charge >= 0.3 is 0 Å². The van der Waals surface area contributed by atoms with E-state index in [1.165, 1.54) is 17.8 Å². The molecule has 0 amide bonds. The van der Waals surface area contributed by atoms with Crippen molar-refractivity contribution in [2.45, 2.75) is 19.4 Å². The summed E-state index contributed by atoms with van der Waals surface area (Å²) in [5, 5.41) is 2.16. The molecular formula is C11H15NS. The summed E-state index contributed by atoms with van der Waals surface area (Å²) in [4.78, 5) is 4.00. The van der Waals surface area contributed by atoms with E-state index in [1.54, 1.807) is 0 Å². The van der Waals surface area contributed by atoms with Gasteiger partial charge in [0.15, 0.2) is 0 Å². The second-order valence-corrected chi connectivity index (χ2v) is 4.43. The molecule has 13 heavy (non-hydrogen) atoms. The molecule has 0 aromatic carbocycles. The molecule has 0 spiro atoms. The zero-order chi connectivity index (χ0) is 9.10. The third-order valence-electron chi connectivity index (χ3n) is 2.59. The number of thiophene rings is 1. The highest BCUT2D eigenvalue weighted by Gasteiger charge is 2.15. The van der Waals surface area contributed by atoms with Crippen LogP contribution in [-0.2, 0) is 0 Å². The van der Waals surface area contributed by atoms with Crippen molar-refractivity contribution in [2.75, 3.05) is 13.1 Å². The Bertz CT molecular complexity index is 276. The zero-order valence-electron chi connectivity index (χ0n) is 7.94. The summed E-state index contributed by atoms with van der Waals surface area (Å²) >= 11 is 1.86. The summed E-state index contributed by atoms with van der Waals surface area (Å²) in [5.74, 6) is 0. The minimum absolute atomic E-state index is 0.588. The molecule has 1 atom stereocenters. The molecule has 0 saturated carbocycles. The summed E-state index contributed by atoms with van der Waals surface area (Å²) < 4.78 is 0. The van der Waals surface area contributed by atoms with E-state index in [2.05, 4.69) is 41.5 Å². The molecule has 0 saturated heterocycles. The molecule has 1 aliphatic heterocycles.